The summed E-state index contributed by atoms with van der Waals surface area (Å²) in [5, 5.41) is 3.74. The van der Waals surface area contributed by atoms with Crippen LogP contribution >= 0.6 is 15.9 Å². The minimum absolute atomic E-state index is 0.215. The van der Waals surface area contributed by atoms with Gasteiger partial charge >= 0.3 is 0 Å². The van der Waals surface area contributed by atoms with Gasteiger partial charge < -0.3 is 10.1 Å². The minimum atomic E-state index is 0.215. The summed E-state index contributed by atoms with van der Waals surface area (Å²) in [6, 6.07) is 7.13. The molecule has 1 aromatic carbocycles. The normalized spacial score (nSPS) is 25.6. The summed E-state index contributed by atoms with van der Waals surface area (Å²) in [5.74, 6) is 0.678. The number of hydrogen-bond donors (Lipinski definition) is 1. The highest BCUT2D eigenvalue weighted by molar-refractivity contribution is 9.10. The topological polar surface area (TPSA) is 21.3 Å². The quantitative estimate of drug-likeness (QED) is 0.844. The van der Waals surface area contributed by atoms with E-state index in [0.29, 0.717) is 12.0 Å². The number of nitrogens with one attached hydrogen (secondary N) is 1. The molecular weight excluding hydrogens is 326 g/mol. The lowest BCUT2D eigenvalue weighted by atomic mass is 9.69. The number of benzene rings is 1. The van der Waals surface area contributed by atoms with Crippen LogP contribution in [0.2, 0.25) is 0 Å². The van der Waals surface area contributed by atoms with E-state index in [2.05, 4.69) is 53.3 Å². The lowest BCUT2D eigenvalue weighted by molar-refractivity contribution is -0.147. The van der Waals surface area contributed by atoms with Crippen LogP contribution in [-0.2, 0) is 4.74 Å². The Kier molecular flexibility index (Phi) is 4.72. The molecule has 1 aromatic rings. The van der Waals surface area contributed by atoms with Gasteiger partial charge in [-0.15, -0.1) is 0 Å². The molecule has 116 valence electrons. The fourth-order valence-electron chi connectivity index (χ4n) is 3.92. The van der Waals surface area contributed by atoms with Crippen molar-refractivity contribution in [3.63, 3.8) is 0 Å². The summed E-state index contributed by atoms with van der Waals surface area (Å²) in [5.41, 5.74) is 2.96. The Labute approximate surface area is 136 Å². The maximum absolute atomic E-state index is 6.11. The Balaban J connectivity index is 1.84. The monoisotopic (exact) mass is 351 g/mol. The van der Waals surface area contributed by atoms with Gasteiger partial charge in [-0.3, -0.25) is 0 Å². The summed E-state index contributed by atoms with van der Waals surface area (Å²) in [6.07, 6.45) is 6.24. The second kappa shape index (κ2) is 6.39. The number of halogens is 1. The van der Waals surface area contributed by atoms with Crippen LogP contribution in [0.25, 0.3) is 0 Å². The number of ether oxygens (including phenoxy) is 1. The molecule has 2 aliphatic rings. The third kappa shape index (κ3) is 3.20. The highest BCUT2D eigenvalue weighted by Crippen LogP contribution is 2.47. The van der Waals surface area contributed by atoms with E-state index in [1.807, 2.05) is 0 Å². The average Bonchev–Trinajstić information content (AvgIpc) is 2.46. The average molecular weight is 352 g/mol. The summed E-state index contributed by atoms with van der Waals surface area (Å²) in [6.45, 7) is 6.32. The first kappa shape index (κ1) is 15.5. The van der Waals surface area contributed by atoms with Gasteiger partial charge in [0.1, 0.15) is 0 Å². The molecule has 0 amide bonds. The molecule has 1 spiro atoms. The first-order chi connectivity index (χ1) is 10.1. The largest absolute Gasteiger partial charge is 0.375 e. The third-order valence-electron chi connectivity index (χ3n) is 5.18. The number of hydrogen-bond acceptors (Lipinski definition) is 2. The standard InChI is InChI=1S/C18H26BrNO/c1-3-20-17(15-11-13(2)5-6-16(15)19)14-7-10-21-18(12-14)8-4-9-18/h5-6,11,14,17,20H,3-4,7-10,12H2,1-2H3. The van der Waals surface area contributed by atoms with Gasteiger partial charge in [-0.2, -0.15) is 0 Å². The summed E-state index contributed by atoms with van der Waals surface area (Å²) in [4.78, 5) is 0. The Morgan fingerprint density at radius 3 is 2.90 bits per heavy atom. The molecule has 1 saturated carbocycles. The molecule has 1 saturated heterocycles. The zero-order valence-electron chi connectivity index (χ0n) is 13.1. The van der Waals surface area contributed by atoms with Crippen LogP contribution in [0.15, 0.2) is 22.7 Å². The van der Waals surface area contributed by atoms with Gasteiger partial charge in [0.15, 0.2) is 0 Å². The molecule has 1 N–H and O–H groups in total. The molecule has 1 aliphatic heterocycles. The second-order valence-corrected chi connectivity index (χ2v) is 7.55. The van der Waals surface area contributed by atoms with Crippen molar-refractivity contribution in [3.8, 4) is 0 Å². The van der Waals surface area contributed by atoms with Crippen molar-refractivity contribution in [2.75, 3.05) is 13.2 Å². The molecule has 0 aromatic heterocycles. The molecule has 21 heavy (non-hydrogen) atoms. The van der Waals surface area contributed by atoms with Gasteiger partial charge in [-0.05, 0) is 63.1 Å². The van der Waals surface area contributed by atoms with E-state index >= 15 is 0 Å². The van der Waals surface area contributed by atoms with Crippen LogP contribution < -0.4 is 5.32 Å². The predicted molar refractivity (Wildman–Crippen MR) is 90.6 cm³/mol. The lowest BCUT2D eigenvalue weighted by Crippen LogP contribution is -2.48. The van der Waals surface area contributed by atoms with E-state index in [-0.39, 0.29) is 5.60 Å². The van der Waals surface area contributed by atoms with Crippen LogP contribution in [0.3, 0.4) is 0 Å². The lowest BCUT2D eigenvalue weighted by Gasteiger charge is -2.49. The summed E-state index contributed by atoms with van der Waals surface area (Å²) in [7, 11) is 0. The number of aryl methyl sites for hydroxylation is 1. The molecule has 3 heteroatoms. The zero-order chi connectivity index (χ0) is 14.9. The second-order valence-electron chi connectivity index (χ2n) is 6.70. The van der Waals surface area contributed by atoms with Gasteiger partial charge in [0, 0.05) is 17.1 Å². The Bertz CT molecular complexity index is 498. The van der Waals surface area contributed by atoms with Gasteiger partial charge in [0.2, 0.25) is 0 Å². The summed E-state index contributed by atoms with van der Waals surface area (Å²) < 4.78 is 7.34. The first-order valence-corrected chi connectivity index (χ1v) is 9.06. The van der Waals surface area contributed by atoms with Gasteiger partial charge in [-0.1, -0.05) is 40.5 Å². The van der Waals surface area contributed by atoms with Gasteiger partial charge in [0.05, 0.1) is 5.60 Å². The highest BCUT2D eigenvalue weighted by atomic mass is 79.9. The highest BCUT2D eigenvalue weighted by Gasteiger charge is 2.44. The Morgan fingerprint density at radius 1 is 1.43 bits per heavy atom. The molecule has 1 heterocycles. The molecular formula is C18H26BrNO. The van der Waals surface area contributed by atoms with Crippen molar-refractivity contribution < 1.29 is 4.74 Å². The van der Waals surface area contributed by atoms with E-state index < -0.39 is 0 Å². The van der Waals surface area contributed by atoms with Gasteiger partial charge in [0.25, 0.3) is 0 Å². The molecule has 0 bridgehead atoms. The van der Waals surface area contributed by atoms with Crippen LogP contribution in [0.4, 0.5) is 0 Å². The summed E-state index contributed by atoms with van der Waals surface area (Å²) >= 11 is 3.76. The fraction of sp³-hybridized carbons (Fsp3) is 0.667. The van der Waals surface area contributed by atoms with Crippen LogP contribution in [-0.4, -0.2) is 18.8 Å². The van der Waals surface area contributed by atoms with Crippen molar-refractivity contribution in [1.29, 1.82) is 0 Å². The van der Waals surface area contributed by atoms with Crippen molar-refractivity contribution >= 4 is 15.9 Å². The fourth-order valence-corrected chi connectivity index (χ4v) is 4.41. The Morgan fingerprint density at radius 2 is 2.24 bits per heavy atom. The third-order valence-corrected chi connectivity index (χ3v) is 5.90. The van der Waals surface area contributed by atoms with E-state index in [1.165, 1.54) is 47.7 Å². The first-order valence-electron chi connectivity index (χ1n) is 8.27. The minimum Gasteiger partial charge on any atom is -0.375 e. The smallest absolute Gasteiger partial charge is 0.0686 e. The maximum atomic E-state index is 6.11. The van der Waals surface area contributed by atoms with Crippen molar-refractivity contribution in [2.45, 2.75) is 57.6 Å². The Hall–Kier alpha value is -0.380. The molecule has 3 rings (SSSR count). The van der Waals surface area contributed by atoms with E-state index in [4.69, 9.17) is 4.74 Å². The van der Waals surface area contributed by atoms with E-state index in [9.17, 15) is 0 Å². The molecule has 1 aliphatic carbocycles. The van der Waals surface area contributed by atoms with Crippen LogP contribution in [0.1, 0.15) is 56.2 Å². The van der Waals surface area contributed by atoms with Gasteiger partial charge in [-0.25, -0.2) is 0 Å². The van der Waals surface area contributed by atoms with E-state index in [1.54, 1.807) is 0 Å². The predicted octanol–water partition coefficient (Wildman–Crippen LogP) is 4.76. The SMILES string of the molecule is CCNC(c1cc(C)ccc1Br)C1CCOC2(CCC2)C1. The van der Waals surface area contributed by atoms with Crippen molar-refractivity contribution in [2.24, 2.45) is 5.92 Å². The number of rotatable bonds is 4. The van der Waals surface area contributed by atoms with Crippen molar-refractivity contribution in [3.05, 3.63) is 33.8 Å². The molecule has 0 radical (unpaired) electrons. The molecule has 2 fully saturated rings. The molecule has 2 atom stereocenters. The van der Waals surface area contributed by atoms with Crippen molar-refractivity contribution in [1.82, 2.24) is 5.32 Å². The zero-order valence-corrected chi connectivity index (χ0v) is 14.7. The van der Waals surface area contributed by atoms with Crippen LogP contribution in [0.5, 0.6) is 0 Å². The maximum Gasteiger partial charge on any atom is 0.0686 e. The van der Waals surface area contributed by atoms with E-state index in [0.717, 1.165) is 13.2 Å². The van der Waals surface area contributed by atoms with Crippen LogP contribution in [0, 0.1) is 12.8 Å². The molecule has 2 nitrogen and oxygen atoms in total. The molecule has 2 unspecified atom stereocenters.